The molecule has 2 nitrogen and oxygen atoms in total. The maximum atomic E-state index is 8.50. The van der Waals surface area contributed by atoms with Gasteiger partial charge in [0.2, 0.25) is 0 Å². The summed E-state index contributed by atoms with van der Waals surface area (Å²) >= 11 is 5.80. The molecular formula is C10H8ClNO. The van der Waals surface area contributed by atoms with Crippen LogP contribution in [0.4, 0.5) is 0 Å². The Bertz CT molecular complexity index is 370. The number of halogens is 1. The van der Waals surface area contributed by atoms with Crippen molar-refractivity contribution in [2.24, 2.45) is 0 Å². The predicted octanol–water partition coefficient (Wildman–Crippen LogP) is 2.56. The highest BCUT2D eigenvalue weighted by atomic mass is 35.5. The Morgan fingerprint density at radius 1 is 1.62 bits per heavy atom. The smallest absolute Gasteiger partial charge is 0.124 e. The number of fused-ring (bicyclic) bond motifs is 1. The van der Waals surface area contributed by atoms with Crippen LogP contribution in [0, 0.1) is 11.3 Å². The monoisotopic (exact) mass is 193 g/mol. The molecule has 1 aromatic rings. The van der Waals surface area contributed by atoms with Gasteiger partial charge >= 0.3 is 0 Å². The Morgan fingerprint density at radius 3 is 3.23 bits per heavy atom. The van der Waals surface area contributed by atoms with E-state index in [0.29, 0.717) is 11.4 Å². The van der Waals surface area contributed by atoms with Crippen LogP contribution in [0.2, 0.25) is 5.02 Å². The first-order valence-electron chi connectivity index (χ1n) is 4.11. The van der Waals surface area contributed by atoms with Crippen molar-refractivity contribution in [3.8, 4) is 11.8 Å². The van der Waals surface area contributed by atoms with Gasteiger partial charge in [0.1, 0.15) is 11.9 Å². The number of rotatable bonds is 1. The largest absolute Gasteiger partial charge is 0.489 e. The van der Waals surface area contributed by atoms with Gasteiger partial charge in [-0.25, -0.2) is 0 Å². The van der Waals surface area contributed by atoms with Crippen molar-refractivity contribution in [2.45, 2.75) is 18.9 Å². The molecule has 0 aromatic heterocycles. The molecule has 0 aliphatic carbocycles. The second-order valence-electron chi connectivity index (χ2n) is 3.06. The standard InChI is InChI=1S/C10H8ClNO/c11-8-2-1-7-5-9(3-4-12)13-10(7)6-8/h1-2,6,9H,3,5H2. The van der Waals surface area contributed by atoms with Crippen LogP contribution in [0.3, 0.4) is 0 Å². The molecule has 0 saturated carbocycles. The molecule has 13 heavy (non-hydrogen) atoms. The Balaban J connectivity index is 2.21. The third-order valence-electron chi connectivity index (χ3n) is 2.09. The maximum absolute atomic E-state index is 8.50. The third-order valence-corrected chi connectivity index (χ3v) is 2.32. The molecular weight excluding hydrogens is 186 g/mol. The summed E-state index contributed by atoms with van der Waals surface area (Å²) in [6.45, 7) is 0. The summed E-state index contributed by atoms with van der Waals surface area (Å²) in [4.78, 5) is 0. The van der Waals surface area contributed by atoms with E-state index >= 15 is 0 Å². The zero-order chi connectivity index (χ0) is 9.26. The molecule has 0 spiro atoms. The zero-order valence-corrected chi connectivity index (χ0v) is 7.71. The molecule has 0 N–H and O–H groups in total. The topological polar surface area (TPSA) is 33.0 Å². The average Bonchev–Trinajstić information content (AvgIpc) is 2.46. The van der Waals surface area contributed by atoms with Gasteiger partial charge in [0.25, 0.3) is 0 Å². The first-order chi connectivity index (χ1) is 6.29. The maximum Gasteiger partial charge on any atom is 0.124 e. The Kier molecular flexibility index (Phi) is 2.12. The Labute approximate surface area is 81.7 Å². The van der Waals surface area contributed by atoms with Gasteiger partial charge in [0, 0.05) is 11.4 Å². The van der Waals surface area contributed by atoms with Crippen LogP contribution in [-0.4, -0.2) is 6.10 Å². The summed E-state index contributed by atoms with van der Waals surface area (Å²) < 4.78 is 5.52. The molecule has 1 aliphatic heterocycles. The fraction of sp³-hybridized carbons (Fsp3) is 0.300. The molecule has 0 bridgehead atoms. The fourth-order valence-electron chi connectivity index (χ4n) is 1.49. The van der Waals surface area contributed by atoms with E-state index in [9.17, 15) is 0 Å². The van der Waals surface area contributed by atoms with Gasteiger partial charge in [-0.2, -0.15) is 5.26 Å². The second kappa shape index (κ2) is 3.27. The van der Waals surface area contributed by atoms with E-state index in [4.69, 9.17) is 21.6 Å². The van der Waals surface area contributed by atoms with Crippen molar-refractivity contribution in [3.05, 3.63) is 28.8 Å². The number of hydrogen-bond donors (Lipinski definition) is 0. The van der Waals surface area contributed by atoms with Crippen molar-refractivity contribution < 1.29 is 4.74 Å². The van der Waals surface area contributed by atoms with Crippen molar-refractivity contribution >= 4 is 11.6 Å². The van der Waals surface area contributed by atoms with Gasteiger partial charge in [0.05, 0.1) is 12.5 Å². The first-order valence-corrected chi connectivity index (χ1v) is 4.49. The van der Waals surface area contributed by atoms with Gasteiger partial charge in [0.15, 0.2) is 0 Å². The van der Waals surface area contributed by atoms with E-state index in [1.165, 1.54) is 0 Å². The number of hydrogen-bond acceptors (Lipinski definition) is 2. The molecule has 66 valence electrons. The highest BCUT2D eigenvalue weighted by molar-refractivity contribution is 6.30. The van der Waals surface area contributed by atoms with Gasteiger partial charge in [-0.1, -0.05) is 17.7 Å². The van der Waals surface area contributed by atoms with Crippen molar-refractivity contribution in [2.75, 3.05) is 0 Å². The van der Waals surface area contributed by atoms with Gasteiger partial charge in [-0.05, 0) is 17.7 Å². The minimum absolute atomic E-state index is 0.0125. The van der Waals surface area contributed by atoms with E-state index in [0.717, 1.165) is 17.7 Å². The fourth-order valence-corrected chi connectivity index (χ4v) is 1.65. The number of nitriles is 1. The van der Waals surface area contributed by atoms with E-state index in [-0.39, 0.29) is 6.10 Å². The highest BCUT2D eigenvalue weighted by Gasteiger charge is 2.22. The Morgan fingerprint density at radius 2 is 2.46 bits per heavy atom. The SMILES string of the molecule is N#CCC1Cc2ccc(Cl)cc2O1. The second-order valence-corrected chi connectivity index (χ2v) is 3.49. The Hall–Kier alpha value is -1.20. The molecule has 1 aliphatic rings. The molecule has 1 heterocycles. The number of ether oxygens (including phenoxy) is 1. The lowest BCUT2D eigenvalue weighted by Gasteiger charge is -2.04. The van der Waals surface area contributed by atoms with Crippen LogP contribution in [0.1, 0.15) is 12.0 Å². The molecule has 1 unspecified atom stereocenters. The summed E-state index contributed by atoms with van der Waals surface area (Å²) in [6, 6.07) is 7.70. The summed E-state index contributed by atoms with van der Waals surface area (Å²) in [5.74, 6) is 0.827. The van der Waals surface area contributed by atoms with Crippen LogP contribution in [0.25, 0.3) is 0 Å². The van der Waals surface area contributed by atoms with E-state index in [1.807, 2.05) is 12.1 Å². The number of nitrogens with zero attached hydrogens (tertiary/aromatic N) is 1. The lowest BCUT2D eigenvalue weighted by molar-refractivity contribution is 0.238. The van der Waals surface area contributed by atoms with Crippen LogP contribution in [0.5, 0.6) is 5.75 Å². The van der Waals surface area contributed by atoms with Crippen LogP contribution < -0.4 is 4.74 Å². The molecule has 0 fully saturated rings. The zero-order valence-electron chi connectivity index (χ0n) is 6.96. The minimum Gasteiger partial charge on any atom is -0.489 e. The van der Waals surface area contributed by atoms with Crippen LogP contribution in [0.15, 0.2) is 18.2 Å². The minimum atomic E-state index is 0.0125. The third kappa shape index (κ3) is 1.61. The average molecular weight is 194 g/mol. The van der Waals surface area contributed by atoms with Crippen LogP contribution >= 0.6 is 11.6 Å². The lowest BCUT2D eigenvalue weighted by atomic mass is 10.1. The predicted molar refractivity (Wildman–Crippen MR) is 49.8 cm³/mol. The lowest BCUT2D eigenvalue weighted by Crippen LogP contribution is -2.10. The van der Waals surface area contributed by atoms with Crippen molar-refractivity contribution in [1.29, 1.82) is 5.26 Å². The normalized spacial score (nSPS) is 18.9. The quantitative estimate of drug-likeness (QED) is 0.687. The van der Waals surface area contributed by atoms with Gasteiger partial charge in [-0.3, -0.25) is 0 Å². The van der Waals surface area contributed by atoms with Gasteiger partial charge < -0.3 is 4.74 Å². The molecule has 0 saturated heterocycles. The molecule has 1 atom stereocenters. The van der Waals surface area contributed by atoms with E-state index < -0.39 is 0 Å². The summed E-state index contributed by atoms with van der Waals surface area (Å²) in [6.07, 6.45) is 1.27. The first kappa shape index (κ1) is 8.40. The van der Waals surface area contributed by atoms with Crippen molar-refractivity contribution in [1.82, 2.24) is 0 Å². The summed E-state index contributed by atoms with van der Waals surface area (Å²) in [5, 5.41) is 9.18. The van der Waals surface area contributed by atoms with E-state index in [2.05, 4.69) is 6.07 Å². The molecule has 0 amide bonds. The van der Waals surface area contributed by atoms with E-state index in [1.54, 1.807) is 6.07 Å². The molecule has 3 heteroatoms. The summed E-state index contributed by atoms with van der Waals surface area (Å²) in [7, 11) is 0. The van der Waals surface area contributed by atoms with Crippen LogP contribution in [-0.2, 0) is 6.42 Å². The molecule has 1 aromatic carbocycles. The highest BCUT2D eigenvalue weighted by Crippen LogP contribution is 2.32. The molecule has 0 radical (unpaired) electrons. The van der Waals surface area contributed by atoms with Gasteiger partial charge in [-0.15, -0.1) is 0 Å². The van der Waals surface area contributed by atoms with Crippen molar-refractivity contribution in [3.63, 3.8) is 0 Å². The summed E-state index contributed by atoms with van der Waals surface area (Å²) in [5.41, 5.74) is 1.14. The number of benzene rings is 1. The molecule has 2 rings (SSSR count).